The van der Waals surface area contributed by atoms with Gasteiger partial charge < -0.3 is 19.9 Å². The van der Waals surface area contributed by atoms with Crippen molar-refractivity contribution in [3.63, 3.8) is 0 Å². The van der Waals surface area contributed by atoms with Gasteiger partial charge in [-0.15, -0.1) is 0 Å². The molecule has 1 N–H and O–H groups in total. The van der Waals surface area contributed by atoms with Gasteiger partial charge in [0.15, 0.2) is 0 Å². The standard InChI is InChI=1S/C20H24N6O3/c27-19(24-17-3-1-2-6-22-17)16-13-21-14-18(23-16)25-7-9-26(10-8-25)20(28)15-4-11-29-12-5-15/h1-3,6,13-15H,4-5,7-12H2,(H,22,24,27). The van der Waals surface area contributed by atoms with E-state index in [2.05, 4.69) is 25.2 Å². The molecule has 29 heavy (non-hydrogen) atoms. The summed E-state index contributed by atoms with van der Waals surface area (Å²) in [6, 6.07) is 5.29. The van der Waals surface area contributed by atoms with Crippen LogP contribution in [-0.4, -0.2) is 71.1 Å². The van der Waals surface area contributed by atoms with Crippen molar-refractivity contribution in [2.24, 2.45) is 5.92 Å². The Balaban J connectivity index is 1.35. The molecule has 2 amide bonds. The van der Waals surface area contributed by atoms with E-state index in [1.807, 2.05) is 4.90 Å². The van der Waals surface area contributed by atoms with Crippen LogP contribution in [0.15, 0.2) is 36.8 Å². The van der Waals surface area contributed by atoms with Crippen molar-refractivity contribution in [2.75, 3.05) is 49.6 Å². The first-order valence-electron chi connectivity index (χ1n) is 9.86. The van der Waals surface area contributed by atoms with Gasteiger partial charge in [0.25, 0.3) is 5.91 Å². The van der Waals surface area contributed by atoms with Gasteiger partial charge in [-0.3, -0.25) is 14.6 Å². The Hall–Kier alpha value is -3.07. The van der Waals surface area contributed by atoms with E-state index in [0.717, 1.165) is 12.8 Å². The lowest BCUT2D eigenvalue weighted by molar-refractivity contribution is -0.138. The van der Waals surface area contributed by atoms with E-state index in [9.17, 15) is 9.59 Å². The van der Waals surface area contributed by atoms with Gasteiger partial charge in [0.05, 0.1) is 12.4 Å². The average Bonchev–Trinajstić information content (AvgIpc) is 2.80. The summed E-state index contributed by atoms with van der Waals surface area (Å²) in [5, 5.41) is 2.71. The summed E-state index contributed by atoms with van der Waals surface area (Å²) in [6.07, 6.45) is 6.30. The highest BCUT2D eigenvalue weighted by molar-refractivity contribution is 6.02. The summed E-state index contributed by atoms with van der Waals surface area (Å²) in [6.45, 7) is 3.94. The van der Waals surface area contributed by atoms with Crippen LogP contribution in [0.5, 0.6) is 0 Å². The van der Waals surface area contributed by atoms with E-state index in [4.69, 9.17) is 4.74 Å². The molecule has 9 heteroatoms. The third-order valence-electron chi connectivity index (χ3n) is 5.25. The first-order valence-corrected chi connectivity index (χ1v) is 9.86. The van der Waals surface area contributed by atoms with Crippen LogP contribution < -0.4 is 10.2 Å². The van der Waals surface area contributed by atoms with Crippen molar-refractivity contribution < 1.29 is 14.3 Å². The molecule has 0 atom stereocenters. The lowest BCUT2D eigenvalue weighted by Gasteiger charge is -2.37. The van der Waals surface area contributed by atoms with Gasteiger partial charge in [0.2, 0.25) is 5.91 Å². The summed E-state index contributed by atoms with van der Waals surface area (Å²) in [5.41, 5.74) is 0.230. The largest absolute Gasteiger partial charge is 0.381 e. The highest BCUT2D eigenvalue weighted by Gasteiger charge is 2.29. The summed E-state index contributed by atoms with van der Waals surface area (Å²) >= 11 is 0. The molecule has 2 aromatic rings. The van der Waals surface area contributed by atoms with Crippen LogP contribution in [0.2, 0.25) is 0 Å². The molecular formula is C20H24N6O3. The number of nitrogens with zero attached hydrogens (tertiary/aromatic N) is 5. The van der Waals surface area contributed by atoms with E-state index < -0.39 is 0 Å². The van der Waals surface area contributed by atoms with Crippen LogP contribution in [0.25, 0.3) is 0 Å². The zero-order valence-electron chi connectivity index (χ0n) is 16.2. The predicted octanol–water partition coefficient (Wildman–Crippen LogP) is 1.20. The van der Waals surface area contributed by atoms with Gasteiger partial charge in [0.1, 0.15) is 17.3 Å². The quantitative estimate of drug-likeness (QED) is 0.829. The van der Waals surface area contributed by atoms with Crippen LogP contribution >= 0.6 is 0 Å². The minimum Gasteiger partial charge on any atom is -0.381 e. The lowest BCUT2D eigenvalue weighted by Crippen LogP contribution is -2.51. The van der Waals surface area contributed by atoms with Crippen molar-refractivity contribution in [1.82, 2.24) is 19.9 Å². The third kappa shape index (κ3) is 4.68. The SMILES string of the molecule is O=C(Nc1ccccn1)c1cncc(N2CCN(C(=O)C3CCOCC3)CC2)n1. The molecular weight excluding hydrogens is 372 g/mol. The molecule has 2 aliphatic heterocycles. The van der Waals surface area contributed by atoms with E-state index in [1.165, 1.54) is 6.20 Å². The van der Waals surface area contributed by atoms with Crippen LogP contribution in [0.4, 0.5) is 11.6 Å². The second-order valence-corrected chi connectivity index (χ2v) is 7.13. The Morgan fingerprint density at radius 1 is 1.07 bits per heavy atom. The second-order valence-electron chi connectivity index (χ2n) is 7.13. The minimum absolute atomic E-state index is 0.0775. The van der Waals surface area contributed by atoms with Gasteiger partial charge in [0, 0.05) is 51.5 Å². The zero-order valence-corrected chi connectivity index (χ0v) is 16.2. The average molecular weight is 396 g/mol. The second kappa shape index (κ2) is 8.95. The predicted molar refractivity (Wildman–Crippen MR) is 107 cm³/mol. The molecule has 0 spiro atoms. The number of anilines is 2. The molecule has 0 aliphatic carbocycles. The topological polar surface area (TPSA) is 101 Å². The molecule has 2 fully saturated rings. The number of rotatable bonds is 4. The van der Waals surface area contributed by atoms with Gasteiger partial charge in [-0.25, -0.2) is 9.97 Å². The Bertz CT molecular complexity index is 848. The maximum absolute atomic E-state index is 12.7. The number of amides is 2. The zero-order chi connectivity index (χ0) is 20.1. The molecule has 0 radical (unpaired) electrons. The van der Waals surface area contributed by atoms with Crippen molar-refractivity contribution in [2.45, 2.75) is 12.8 Å². The number of carbonyl (C=O) groups excluding carboxylic acids is 2. The van der Waals surface area contributed by atoms with E-state index in [1.54, 1.807) is 30.6 Å². The molecule has 2 aliphatic rings. The van der Waals surface area contributed by atoms with Crippen LogP contribution in [0.3, 0.4) is 0 Å². The first-order chi connectivity index (χ1) is 14.2. The number of ether oxygens (including phenoxy) is 1. The molecule has 0 bridgehead atoms. The molecule has 9 nitrogen and oxygen atoms in total. The van der Waals surface area contributed by atoms with E-state index in [-0.39, 0.29) is 23.4 Å². The molecule has 4 rings (SSSR count). The Kier molecular flexibility index (Phi) is 5.95. The van der Waals surface area contributed by atoms with Crippen LogP contribution in [-0.2, 0) is 9.53 Å². The number of hydrogen-bond acceptors (Lipinski definition) is 7. The number of pyridine rings is 1. The van der Waals surface area contributed by atoms with Crippen molar-refractivity contribution in [3.05, 3.63) is 42.5 Å². The number of hydrogen-bond donors (Lipinski definition) is 1. The summed E-state index contributed by atoms with van der Waals surface area (Å²) in [4.78, 5) is 41.8. The van der Waals surface area contributed by atoms with Gasteiger partial charge in [-0.1, -0.05) is 6.07 Å². The van der Waals surface area contributed by atoms with Gasteiger partial charge >= 0.3 is 0 Å². The number of nitrogens with one attached hydrogen (secondary N) is 1. The Morgan fingerprint density at radius 2 is 1.86 bits per heavy atom. The first kappa shape index (κ1) is 19.3. The highest BCUT2D eigenvalue weighted by Crippen LogP contribution is 2.20. The number of piperazine rings is 1. The molecule has 0 aromatic carbocycles. The normalized spacial score (nSPS) is 17.8. The summed E-state index contributed by atoms with van der Waals surface area (Å²) < 4.78 is 5.35. The van der Waals surface area contributed by atoms with Crippen molar-refractivity contribution >= 4 is 23.5 Å². The molecule has 2 saturated heterocycles. The van der Waals surface area contributed by atoms with E-state index in [0.29, 0.717) is 51.0 Å². The smallest absolute Gasteiger partial charge is 0.277 e. The minimum atomic E-state index is -0.355. The molecule has 2 aromatic heterocycles. The Morgan fingerprint density at radius 3 is 2.59 bits per heavy atom. The molecule has 152 valence electrons. The van der Waals surface area contributed by atoms with Crippen LogP contribution in [0.1, 0.15) is 23.3 Å². The van der Waals surface area contributed by atoms with E-state index >= 15 is 0 Å². The molecule has 4 heterocycles. The number of carbonyl (C=O) groups is 2. The fourth-order valence-electron chi connectivity index (χ4n) is 3.59. The summed E-state index contributed by atoms with van der Waals surface area (Å²) in [5.74, 6) is 1.05. The molecule has 0 unspecified atom stereocenters. The summed E-state index contributed by atoms with van der Waals surface area (Å²) in [7, 11) is 0. The number of aromatic nitrogens is 3. The fraction of sp³-hybridized carbons (Fsp3) is 0.450. The van der Waals surface area contributed by atoms with Gasteiger partial charge in [-0.2, -0.15) is 0 Å². The van der Waals surface area contributed by atoms with Crippen molar-refractivity contribution in [3.8, 4) is 0 Å². The fourth-order valence-corrected chi connectivity index (χ4v) is 3.59. The van der Waals surface area contributed by atoms with Gasteiger partial charge in [-0.05, 0) is 25.0 Å². The third-order valence-corrected chi connectivity index (χ3v) is 5.25. The van der Waals surface area contributed by atoms with Crippen LogP contribution in [0, 0.1) is 5.92 Å². The molecule has 0 saturated carbocycles. The monoisotopic (exact) mass is 396 g/mol. The Labute approximate surface area is 169 Å². The maximum atomic E-state index is 12.7. The maximum Gasteiger partial charge on any atom is 0.277 e. The highest BCUT2D eigenvalue weighted by atomic mass is 16.5. The lowest BCUT2D eigenvalue weighted by atomic mass is 9.98. The van der Waals surface area contributed by atoms with Crippen molar-refractivity contribution in [1.29, 1.82) is 0 Å².